The lowest BCUT2D eigenvalue weighted by atomic mass is 9.95. The van der Waals surface area contributed by atoms with Crippen LogP contribution in [0, 0.1) is 17.0 Å². The van der Waals surface area contributed by atoms with Crippen LogP contribution in [0.15, 0.2) is 34.9 Å². The Bertz CT molecular complexity index is 882. The van der Waals surface area contributed by atoms with E-state index in [9.17, 15) is 13.6 Å². The molecule has 0 N–H and O–H groups in total. The fraction of sp³-hybridized carbons (Fsp3) is 0.294. The van der Waals surface area contributed by atoms with Gasteiger partial charge in [-0.2, -0.15) is 0 Å². The summed E-state index contributed by atoms with van der Waals surface area (Å²) in [5.41, 5.74) is -0.601. The van der Waals surface area contributed by atoms with Gasteiger partial charge >= 0.3 is 0 Å². The van der Waals surface area contributed by atoms with E-state index in [1.165, 1.54) is 17.2 Å². The number of rotatable bonds is 3. The number of carbonyl (C=O) groups is 1. The van der Waals surface area contributed by atoms with E-state index in [0.717, 1.165) is 17.4 Å². The van der Waals surface area contributed by atoms with Gasteiger partial charge in [-0.05, 0) is 18.2 Å². The summed E-state index contributed by atoms with van der Waals surface area (Å²) in [6, 6.07) is 5.47. The quantitative estimate of drug-likeness (QED) is 0.685. The number of anilines is 1. The van der Waals surface area contributed by atoms with Crippen molar-refractivity contribution in [2.24, 2.45) is 5.41 Å². The topological polar surface area (TPSA) is 46.3 Å². The fourth-order valence-corrected chi connectivity index (χ4v) is 3.25. The van der Waals surface area contributed by atoms with Crippen molar-refractivity contribution < 1.29 is 18.0 Å². The Morgan fingerprint density at radius 3 is 2.71 bits per heavy atom. The zero-order chi connectivity index (χ0) is 17.5. The molecular weight excluding hydrogens is 334 g/mol. The van der Waals surface area contributed by atoms with Gasteiger partial charge in [-0.1, -0.05) is 32.1 Å². The van der Waals surface area contributed by atoms with E-state index in [1.807, 2.05) is 0 Å². The lowest BCUT2D eigenvalue weighted by Gasteiger charge is -2.26. The molecule has 1 amide bonds. The second kappa shape index (κ2) is 5.98. The van der Waals surface area contributed by atoms with Crippen LogP contribution in [0.3, 0.4) is 0 Å². The molecule has 0 aliphatic heterocycles. The molecule has 0 bridgehead atoms. The molecule has 0 aliphatic rings. The Balaban J connectivity index is 2.07. The molecule has 3 aromatic rings. The summed E-state index contributed by atoms with van der Waals surface area (Å²) in [4.78, 5) is 18.5. The molecule has 0 radical (unpaired) electrons. The molecule has 2 aromatic heterocycles. The van der Waals surface area contributed by atoms with E-state index in [-0.39, 0.29) is 18.0 Å². The Morgan fingerprint density at radius 1 is 1.33 bits per heavy atom. The van der Waals surface area contributed by atoms with Crippen molar-refractivity contribution >= 4 is 32.6 Å². The van der Waals surface area contributed by atoms with E-state index in [0.29, 0.717) is 15.6 Å². The zero-order valence-electron chi connectivity index (χ0n) is 13.5. The molecule has 3 rings (SSSR count). The van der Waals surface area contributed by atoms with Crippen molar-refractivity contribution in [2.75, 3.05) is 4.90 Å². The number of aromatic nitrogens is 1. The predicted molar refractivity (Wildman–Crippen MR) is 88.9 cm³/mol. The second-order valence-electron chi connectivity index (χ2n) is 6.45. The van der Waals surface area contributed by atoms with Gasteiger partial charge in [-0.25, -0.2) is 13.8 Å². The Kier molecular flexibility index (Phi) is 4.13. The summed E-state index contributed by atoms with van der Waals surface area (Å²) < 4.78 is 33.0. The van der Waals surface area contributed by atoms with Crippen molar-refractivity contribution in [1.29, 1.82) is 0 Å². The molecule has 0 saturated carbocycles. The van der Waals surface area contributed by atoms with Crippen LogP contribution in [0.25, 0.3) is 10.2 Å². The van der Waals surface area contributed by atoms with Crippen LogP contribution in [0.1, 0.15) is 26.5 Å². The van der Waals surface area contributed by atoms with Crippen molar-refractivity contribution in [3.8, 4) is 0 Å². The summed E-state index contributed by atoms with van der Waals surface area (Å²) in [6.45, 7) is 5.54. The van der Waals surface area contributed by atoms with Crippen LogP contribution in [0.5, 0.6) is 0 Å². The van der Waals surface area contributed by atoms with E-state index in [1.54, 1.807) is 32.9 Å². The monoisotopic (exact) mass is 350 g/mol. The highest BCUT2D eigenvalue weighted by Gasteiger charge is 2.31. The first-order valence-electron chi connectivity index (χ1n) is 7.35. The average molecular weight is 350 g/mol. The van der Waals surface area contributed by atoms with Crippen LogP contribution in [-0.4, -0.2) is 10.9 Å². The van der Waals surface area contributed by atoms with Crippen molar-refractivity contribution in [2.45, 2.75) is 27.3 Å². The van der Waals surface area contributed by atoms with Crippen LogP contribution in [0.4, 0.5) is 13.9 Å². The molecule has 4 nitrogen and oxygen atoms in total. The molecular formula is C17H16F2N2O2S. The van der Waals surface area contributed by atoms with Gasteiger partial charge in [0.15, 0.2) is 10.9 Å². The van der Waals surface area contributed by atoms with Gasteiger partial charge in [0.05, 0.1) is 17.5 Å². The molecule has 7 heteroatoms. The van der Waals surface area contributed by atoms with E-state index in [4.69, 9.17) is 4.42 Å². The number of thiazole rings is 1. The van der Waals surface area contributed by atoms with Gasteiger partial charge < -0.3 is 4.42 Å². The van der Waals surface area contributed by atoms with E-state index >= 15 is 0 Å². The number of hydrogen-bond acceptors (Lipinski definition) is 4. The maximum Gasteiger partial charge on any atom is 0.234 e. The minimum Gasteiger partial charge on any atom is -0.467 e. The first-order valence-corrected chi connectivity index (χ1v) is 8.17. The van der Waals surface area contributed by atoms with E-state index < -0.39 is 17.0 Å². The maximum absolute atomic E-state index is 13.9. The molecule has 0 spiro atoms. The molecule has 0 fully saturated rings. The Hall–Kier alpha value is -2.28. The fourth-order valence-electron chi connectivity index (χ4n) is 2.25. The molecule has 0 atom stereocenters. The van der Waals surface area contributed by atoms with Gasteiger partial charge in [-0.3, -0.25) is 9.69 Å². The summed E-state index contributed by atoms with van der Waals surface area (Å²) in [7, 11) is 0. The molecule has 126 valence electrons. The largest absolute Gasteiger partial charge is 0.467 e. The predicted octanol–water partition coefficient (Wildman–Crippen LogP) is 4.75. The van der Waals surface area contributed by atoms with Crippen LogP contribution in [-0.2, 0) is 11.3 Å². The minimum absolute atomic E-state index is 0.0579. The van der Waals surface area contributed by atoms with E-state index in [2.05, 4.69) is 4.98 Å². The number of amides is 1. The SMILES string of the molecule is CC(C)(C)C(=O)N(Cc1ccco1)c1nc2c(F)cc(F)cc2s1. The smallest absolute Gasteiger partial charge is 0.234 e. The zero-order valence-corrected chi connectivity index (χ0v) is 14.3. The number of halogens is 2. The third kappa shape index (κ3) is 3.17. The second-order valence-corrected chi connectivity index (χ2v) is 7.46. The molecule has 2 heterocycles. The molecule has 24 heavy (non-hydrogen) atoms. The van der Waals surface area contributed by atoms with Crippen LogP contribution >= 0.6 is 11.3 Å². The highest BCUT2D eigenvalue weighted by molar-refractivity contribution is 7.22. The third-order valence-electron chi connectivity index (χ3n) is 3.41. The molecule has 1 aromatic carbocycles. The third-order valence-corrected chi connectivity index (χ3v) is 4.44. The summed E-state index contributed by atoms with van der Waals surface area (Å²) >= 11 is 1.07. The van der Waals surface area contributed by atoms with Gasteiger partial charge in [-0.15, -0.1) is 0 Å². The van der Waals surface area contributed by atoms with Gasteiger partial charge in [0.25, 0.3) is 0 Å². The molecule has 0 unspecified atom stereocenters. The summed E-state index contributed by atoms with van der Waals surface area (Å²) in [6.07, 6.45) is 1.52. The van der Waals surface area contributed by atoms with Crippen LogP contribution < -0.4 is 4.90 Å². The molecule has 0 saturated heterocycles. The van der Waals surface area contributed by atoms with Crippen molar-refractivity contribution in [3.05, 3.63) is 47.9 Å². The van der Waals surface area contributed by atoms with Crippen molar-refractivity contribution in [1.82, 2.24) is 4.98 Å². The van der Waals surface area contributed by atoms with Gasteiger partial charge in [0.2, 0.25) is 5.91 Å². The van der Waals surface area contributed by atoms with Gasteiger partial charge in [0, 0.05) is 11.5 Å². The Morgan fingerprint density at radius 2 is 2.08 bits per heavy atom. The summed E-state index contributed by atoms with van der Waals surface area (Å²) in [5, 5.41) is 0.311. The lowest BCUT2D eigenvalue weighted by molar-refractivity contribution is -0.126. The number of furan rings is 1. The number of nitrogens with zero attached hydrogens (tertiary/aromatic N) is 2. The molecule has 0 aliphatic carbocycles. The first kappa shape index (κ1) is 16.6. The maximum atomic E-state index is 13.9. The highest BCUT2D eigenvalue weighted by Crippen LogP contribution is 2.34. The Labute approximate surface area is 141 Å². The average Bonchev–Trinajstić information content (AvgIpc) is 3.11. The number of hydrogen-bond donors (Lipinski definition) is 0. The lowest BCUT2D eigenvalue weighted by Crippen LogP contribution is -2.39. The first-order chi connectivity index (χ1) is 11.3. The highest BCUT2D eigenvalue weighted by atomic mass is 32.1. The van der Waals surface area contributed by atoms with Crippen molar-refractivity contribution in [3.63, 3.8) is 0 Å². The minimum atomic E-state index is -0.742. The van der Waals surface area contributed by atoms with Crippen LogP contribution in [0.2, 0.25) is 0 Å². The number of benzene rings is 1. The summed E-state index contributed by atoms with van der Waals surface area (Å²) in [5.74, 6) is -1.01. The standard InChI is InChI=1S/C17H16F2N2O2S/c1-17(2,3)15(22)21(9-11-5-4-6-23-11)16-20-14-12(19)7-10(18)8-13(14)24-16/h4-8H,9H2,1-3H3. The number of carbonyl (C=O) groups excluding carboxylic acids is 1. The number of fused-ring (bicyclic) bond motifs is 1. The normalized spacial score (nSPS) is 11.9. The van der Waals surface area contributed by atoms with Gasteiger partial charge in [0.1, 0.15) is 17.1 Å².